The Hall–Kier alpha value is -2.03. The minimum absolute atomic E-state index is 0.0932. The number of hydrogen-bond donors (Lipinski definition) is 1. The number of hydrogen-bond acceptors (Lipinski definition) is 3. The monoisotopic (exact) mass is 333 g/mol. The fourth-order valence-corrected chi connectivity index (χ4v) is 3.65. The first-order valence-corrected chi connectivity index (χ1v) is 7.70. The van der Waals surface area contributed by atoms with Crippen molar-refractivity contribution in [1.29, 1.82) is 0 Å². The van der Waals surface area contributed by atoms with Gasteiger partial charge in [0.15, 0.2) is 5.03 Å². The Labute approximate surface area is 125 Å². The van der Waals surface area contributed by atoms with Gasteiger partial charge in [0.2, 0.25) is 0 Å². The number of anilines is 1. The smallest absolute Gasteiger partial charge is 0.278 e. The van der Waals surface area contributed by atoms with E-state index in [2.05, 4.69) is 9.82 Å². The van der Waals surface area contributed by atoms with Crippen LogP contribution in [0.2, 0.25) is 0 Å². The van der Waals surface area contributed by atoms with Gasteiger partial charge in [0.05, 0.1) is 17.4 Å². The summed E-state index contributed by atoms with van der Waals surface area (Å²) in [7, 11) is -2.59. The van der Waals surface area contributed by atoms with Crippen molar-refractivity contribution >= 4 is 15.7 Å². The van der Waals surface area contributed by atoms with Gasteiger partial charge in [-0.2, -0.15) is 26.7 Å². The number of aryl methyl sites for hydroxylation is 2. The molecule has 0 atom stereocenters. The molecule has 9 heteroatoms. The number of nitrogens with one attached hydrogen (secondary N) is 1. The van der Waals surface area contributed by atoms with Gasteiger partial charge < -0.3 is 0 Å². The number of benzene rings is 1. The average molecular weight is 333 g/mol. The Morgan fingerprint density at radius 2 is 1.86 bits per heavy atom. The summed E-state index contributed by atoms with van der Waals surface area (Å²) >= 11 is 0. The number of sulfonamides is 1. The van der Waals surface area contributed by atoms with Crippen LogP contribution in [0.5, 0.6) is 0 Å². The third-order valence-electron chi connectivity index (χ3n) is 3.19. The molecule has 2 rings (SSSR count). The Kier molecular flexibility index (Phi) is 3.94. The lowest BCUT2D eigenvalue weighted by Crippen LogP contribution is -2.19. The summed E-state index contributed by atoms with van der Waals surface area (Å²) in [5.41, 5.74) is -0.775. The summed E-state index contributed by atoms with van der Waals surface area (Å²) in [4.78, 5) is 0. The molecule has 2 aromatic rings. The van der Waals surface area contributed by atoms with Crippen molar-refractivity contribution in [2.75, 3.05) is 4.72 Å². The predicted octanol–water partition coefficient (Wildman–Crippen LogP) is 2.86. The van der Waals surface area contributed by atoms with Gasteiger partial charge in [0.1, 0.15) is 0 Å². The van der Waals surface area contributed by atoms with Gasteiger partial charge in [0.25, 0.3) is 10.0 Å². The first-order valence-electron chi connectivity index (χ1n) is 6.22. The second kappa shape index (κ2) is 5.31. The highest BCUT2D eigenvalue weighted by molar-refractivity contribution is 7.92. The van der Waals surface area contributed by atoms with Crippen molar-refractivity contribution in [2.45, 2.75) is 25.0 Å². The highest BCUT2D eigenvalue weighted by atomic mass is 32.2. The maximum Gasteiger partial charge on any atom is 0.416 e. The van der Waals surface area contributed by atoms with E-state index in [0.717, 1.165) is 16.8 Å². The Morgan fingerprint density at radius 3 is 2.36 bits per heavy atom. The molecule has 0 saturated heterocycles. The molecule has 1 aromatic heterocycles. The van der Waals surface area contributed by atoms with Gasteiger partial charge in [-0.1, -0.05) is 6.07 Å². The van der Waals surface area contributed by atoms with Crippen LogP contribution in [0.4, 0.5) is 18.9 Å². The minimum atomic E-state index is -4.55. The average Bonchev–Trinajstić information content (AvgIpc) is 2.70. The van der Waals surface area contributed by atoms with E-state index in [4.69, 9.17) is 0 Å². The summed E-state index contributed by atoms with van der Waals surface area (Å²) < 4.78 is 66.7. The Balaban J connectivity index is 2.48. The van der Waals surface area contributed by atoms with Gasteiger partial charge in [-0.25, -0.2) is 0 Å². The van der Waals surface area contributed by atoms with Crippen LogP contribution in [0.1, 0.15) is 16.7 Å². The molecular formula is C13H14F3N3O2S. The zero-order valence-corrected chi connectivity index (χ0v) is 12.9. The standard InChI is InChI=1S/C13H14F3N3O2S/c1-8-7-17-19(3)12(8)22(20,21)18-11-6-4-5-10(9(11)2)13(14,15)16/h4-7,18H,1-3H3. The first kappa shape index (κ1) is 16.3. The lowest BCUT2D eigenvalue weighted by molar-refractivity contribution is -0.138. The van der Waals surface area contributed by atoms with Crippen molar-refractivity contribution in [1.82, 2.24) is 9.78 Å². The zero-order chi connectivity index (χ0) is 16.7. The van der Waals surface area contributed by atoms with E-state index in [0.29, 0.717) is 5.56 Å². The quantitative estimate of drug-likeness (QED) is 0.939. The molecule has 0 aliphatic heterocycles. The summed E-state index contributed by atoms with van der Waals surface area (Å²) in [6.45, 7) is 2.78. The Morgan fingerprint density at radius 1 is 1.23 bits per heavy atom. The number of rotatable bonds is 3. The van der Waals surface area contributed by atoms with Crippen LogP contribution in [0.15, 0.2) is 29.4 Å². The molecule has 1 heterocycles. The molecule has 1 N–H and O–H groups in total. The van der Waals surface area contributed by atoms with E-state index in [1.165, 1.54) is 26.2 Å². The van der Waals surface area contributed by atoms with Crippen LogP contribution >= 0.6 is 0 Å². The Bertz CT molecular complexity index is 791. The summed E-state index contributed by atoms with van der Waals surface area (Å²) in [6, 6.07) is 3.35. The number of aromatic nitrogens is 2. The van der Waals surface area contributed by atoms with Crippen molar-refractivity contribution in [3.8, 4) is 0 Å². The van der Waals surface area contributed by atoms with Crippen LogP contribution < -0.4 is 4.72 Å². The number of alkyl halides is 3. The normalized spacial score (nSPS) is 12.5. The van der Waals surface area contributed by atoms with Crippen LogP contribution in [-0.4, -0.2) is 18.2 Å². The maximum absolute atomic E-state index is 12.9. The van der Waals surface area contributed by atoms with Crippen molar-refractivity contribution in [2.24, 2.45) is 7.05 Å². The minimum Gasteiger partial charge on any atom is -0.278 e. The van der Waals surface area contributed by atoms with Crippen LogP contribution in [-0.2, 0) is 23.2 Å². The largest absolute Gasteiger partial charge is 0.416 e. The zero-order valence-electron chi connectivity index (χ0n) is 12.1. The fourth-order valence-electron chi connectivity index (χ4n) is 2.17. The molecule has 22 heavy (non-hydrogen) atoms. The highest BCUT2D eigenvalue weighted by Crippen LogP contribution is 2.35. The maximum atomic E-state index is 12.9. The van der Waals surface area contributed by atoms with Gasteiger partial charge in [-0.15, -0.1) is 0 Å². The van der Waals surface area contributed by atoms with E-state index in [9.17, 15) is 21.6 Å². The van der Waals surface area contributed by atoms with E-state index in [1.54, 1.807) is 6.92 Å². The van der Waals surface area contributed by atoms with Crippen molar-refractivity contribution in [3.63, 3.8) is 0 Å². The molecule has 0 bridgehead atoms. The van der Waals surface area contributed by atoms with Gasteiger partial charge in [-0.05, 0) is 31.5 Å². The molecule has 0 spiro atoms. The van der Waals surface area contributed by atoms with Gasteiger partial charge in [-0.3, -0.25) is 9.40 Å². The number of halogens is 3. The molecule has 0 aliphatic rings. The number of nitrogens with zero attached hydrogens (tertiary/aromatic N) is 2. The van der Waals surface area contributed by atoms with E-state index < -0.39 is 21.8 Å². The fraction of sp³-hybridized carbons (Fsp3) is 0.308. The topological polar surface area (TPSA) is 64.0 Å². The van der Waals surface area contributed by atoms with Crippen LogP contribution in [0.3, 0.4) is 0 Å². The predicted molar refractivity (Wildman–Crippen MR) is 74.9 cm³/mol. The summed E-state index contributed by atoms with van der Waals surface area (Å²) in [6.07, 6.45) is -3.18. The van der Waals surface area contributed by atoms with Gasteiger partial charge >= 0.3 is 6.18 Å². The first-order chi connectivity index (χ1) is 10.0. The third kappa shape index (κ3) is 2.94. The lowest BCUT2D eigenvalue weighted by atomic mass is 10.1. The summed E-state index contributed by atoms with van der Waals surface area (Å²) in [5, 5.41) is 3.73. The molecular weight excluding hydrogens is 319 g/mol. The van der Waals surface area contributed by atoms with E-state index >= 15 is 0 Å². The molecule has 120 valence electrons. The molecule has 0 radical (unpaired) electrons. The molecule has 0 aliphatic carbocycles. The van der Waals surface area contributed by atoms with Crippen molar-refractivity contribution < 1.29 is 21.6 Å². The van der Waals surface area contributed by atoms with Crippen LogP contribution in [0.25, 0.3) is 0 Å². The van der Waals surface area contributed by atoms with Gasteiger partial charge in [0, 0.05) is 12.6 Å². The lowest BCUT2D eigenvalue weighted by Gasteiger charge is -2.15. The summed E-state index contributed by atoms with van der Waals surface area (Å²) in [5.74, 6) is 0. The molecule has 0 unspecified atom stereocenters. The SMILES string of the molecule is Cc1cnn(C)c1S(=O)(=O)Nc1cccc(C(F)(F)F)c1C. The molecule has 5 nitrogen and oxygen atoms in total. The third-order valence-corrected chi connectivity index (χ3v) is 4.78. The second-order valence-electron chi connectivity index (χ2n) is 4.84. The second-order valence-corrected chi connectivity index (χ2v) is 6.44. The molecule has 0 amide bonds. The highest BCUT2D eigenvalue weighted by Gasteiger charge is 2.33. The van der Waals surface area contributed by atoms with Crippen LogP contribution in [0, 0.1) is 13.8 Å². The molecule has 0 fully saturated rings. The molecule has 0 saturated carbocycles. The van der Waals surface area contributed by atoms with E-state index in [1.807, 2.05) is 0 Å². The van der Waals surface area contributed by atoms with Crippen molar-refractivity contribution in [3.05, 3.63) is 41.1 Å². The molecule has 1 aromatic carbocycles. The van der Waals surface area contributed by atoms with E-state index in [-0.39, 0.29) is 16.3 Å².